The number of alkyl halides is 3. The number of benzene rings is 1. The number of rotatable bonds is 3. The third kappa shape index (κ3) is 4.23. The first kappa shape index (κ1) is 20.0. The lowest BCUT2D eigenvalue weighted by atomic mass is 9.51. The quantitative estimate of drug-likeness (QED) is 0.768. The second-order valence-corrected chi connectivity index (χ2v) is 8.89. The zero-order valence-electron chi connectivity index (χ0n) is 15.9. The number of hydrogen-bond acceptors (Lipinski definition) is 4. The largest absolute Gasteiger partial charge is 0.573 e. The first-order chi connectivity index (χ1) is 12.3. The molecule has 0 aromatic heterocycles. The summed E-state index contributed by atoms with van der Waals surface area (Å²) in [6.45, 7) is 5.49. The number of nitrogens with two attached hydrogens (primary N) is 1. The molecule has 3 saturated carbocycles. The number of halogens is 3. The van der Waals surface area contributed by atoms with Crippen LogP contribution >= 0.6 is 0 Å². The molecule has 3 aliphatic carbocycles. The van der Waals surface area contributed by atoms with Crippen LogP contribution < -0.4 is 10.5 Å². The minimum atomic E-state index is -4.75. The Bertz CT molecular complexity index is 716. The molecule has 27 heavy (non-hydrogen) atoms. The Kier molecular flexibility index (Phi) is 4.74. The van der Waals surface area contributed by atoms with Crippen LogP contribution in [0.2, 0.25) is 0 Å². The van der Waals surface area contributed by atoms with Crippen LogP contribution in [0, 0.1) is 5.41 Å². The van der Waals surface area contributed by atoms with Crippen LogP contribution in [0.5, 0.6) is 5.75 Å². The van der Waals surface area contributed by atoms with Crippen LogP contribution in [0.25, 0.3) is 0 Å². The van der Waals surface area contributed by atoms with Gasteiger partial charge < -0.3 is 15.2 Å². The Hall–Kier alpha value is -1.76. The van der Waals surface area contributed by atoms with Crippen LogP contribution in [0.15, 0.2) is 24.3 Å². The minimum Gasteiger partial charge on any atom is -0.460 e. The molecule has 7 heteroatoms. The van der Waals surface area contributed by atoms with Crippen molar-refractivity contribution in [3.05, 3.63) is 29.8 Å². The second-order valence-electron chi connectivity index (χ2n) is 8.89. The molecule has 2 bridgehead atoms. The van der Waals surface area contributed by atoms with Gasteiger partial charge in [-0.1, -0.05) is 12.1 Å². The highest BCUT2D eigenvalue weighted by molar-refractivity contribution is 5.78. The highest BCUT2D eigenvalue weighted by Crippen LogP contribution is 2.58. The van der Waals surface area contributed by atoms with Gasteiger partial charge in [-0.2, -0.15) is 0 Å². The summed E-state index contributed by atoms with van der Waals surface area (Å²) in [6, 6.07) is 5.94. The van der Waals surface area contributed by atoms with Crippen molar-refractivity contribution < 1.29 is 27.4 Å². The zero-order valence-corrected chi connectivity index (χ0v) is 15.9. The zero-order chi connectivity index (χ0) is 20.1. The molecule has 4 rings (SSSR count). The highest BCUT2D eigenvalue weighted by Gasteiger charge is 2.57. The van der Waals surface area contributed by atoms with Crippen molar-refractivity contribution in [2.24, 2.45) is 11.1 Å². The van der Waals surface area contributed by atoms with Gasteiger partial charge in [0.1, 0.15) is 11.4 Å². The van der Waals surface area contributed by atoms with E-state index in [1.54, 1.807) is 6.07 Å². The van der Waals surface area contributed by atoms with Crippen LogP contribution in [-0.4, -0.2) is 23.5 Å². The minimum absolute atomic E-state index is 0.218. The molecule has 0 aliphatic heterocycles. The standard InChI is InChI=1S/C20H26F3NO3/c1-17(2,3)27-16(25)18-7-9-19(24,10-8-18)15(12-18)13-5-4-6-14(11-13)26-20(21,22)23/h4-6,11,15H,7-10,12,24H2,1-3H3. The summed E-state index contributed by atoms with van der Waals surface area (Å²) in [4.78, 5) is 12.9. The average Bonchev–Trinajstić information content (AvgIpc) is 2.52. The van der Waals surface area contributed by atoms with E-state index >= 15 is 0 Å². The van der Waals surface area contributed by atoms with Crippen LogP contribution in [0.4, 0.5) is 13.2 Å². The maximum Gasteiger partial charge on any atom is 0.573 e. The Balaban J connectivity index is 1.88. The summed E-state index contributed by atoms with van der Waals surface area (Å²) >= 11 is 0. The molecule has 0 radical (unpaired) electrons. The van der Waals surface area contributed by atoms with E-state index in [1.807, 2.05) is 20.8 Å². The number of esters is 1. The maximum absolute atomic E-state index is 12.9. The average molecular weight is 385 g/mol. The van der Waals surface area contributed by atoms with Crippen molar-refractivity contribution in [1.82, 2.24) is 0 Å². The van der Waals surface area contributed by atoms with E-state index in [2.05, 4.69) is 4.74 Å². The molecule has 4 nitrogen and oxygen atoms in total. The van der Waals surface area contributed by atoms with E-state index in [1.165, 1.54) is 18.2 Å². The van der Waals surface area contributed by atoms with Crippen molar-refractivity contribution in [3.63, 3.8) is 0 Å². The van der Waals surface area contributed by atoms with Gasteiger partial charge in [0.2, 0.25) is 0 Å². The molecule has 0 heterocycles. The van der Waals surface area contributed by atoms with Gasteiger partial charge in [0.05, 0.1) is 5.41 Å². The van der Waals surface area contributed by atoms with Gasteiger partial charge in [0, 0.05) is 11.5 Å². The normalized spacial score (nSPS) is 30.9. The van der Waals surface area contributed by atoms with E-state index in [-0.39, 0.29) is 17.6 Å². The summed E-state index contributed by atoms with van der Waals surface area (Å²) in [7, 11) is 0. The second kappa shape index (κ2) is 6.40. The molecule has 1 aromatic rings. The van der Waals surface area contributed by atoms with Gasteiger partial charge in [-0.05, 0) is 70.6 Å². The van der Waals surface area contributed by atoms with E-state index in [0.29, 0.717) is 37.7 Å². The molecule has 0 saturated heterocycles. The fourth-order valence-electron chi connectivity index (χ4n) is 4.39. The lowest BCUT2D eigenvalue weighted by molar-refractivity contribution is -0.274. The molecule has 3 aliphatic rings. The van der Waals surface area contributed by atoms with Crippen LogP contribution in [0.3, 0.4) is 0 Å². The van der Waals surface area contributed by atoms with Gasteiger partial charge in [-0.25, -0.2) is 0 Å². The molecule has 1 atom stereocenters. The van der Waals surface area contributed by atoms with Crippen molar-refractivity contribution in [1.29, 1.82) is 0 Å². The molecule has 150 valence electrons. The Morgan fingerprint density at radius 1 is 1.15 bits per heavy atom. The van der Waals surface area contributed by atoms with Crippen molar-refractivity contribution in [2.45, 2.75) is 76.3 Å². The van der Waals surface area contributed by atoms with Crippen molar-refractivity contribution in [3.8, 4) is 5.75 Å². The molecule has 0 amide bonds. The van der Waals surface area contributed by atoms with E-state index in [4.69, 9.17) is 10.5 Å². The van der Waals surface area contributed by atoms with Crippen molar-refractivity contribution >= 4 is 5.97 Å². The fourth-order valence-corrected chi connectivity index (χ4v) is 4.39. The van der Waals surface area contributed by atoms with Crippen molar-refractivity contribution in [2.75, 3.05) is 0 Å². The molecule has 3 fully saturated rings. The van der Waals surface area contributed by atoms with Gasteiger partial charge >= 0.3 is 12.3 Å². The van der Waals surface area contributed by atoms with Gasteiger partial charge in [-0.15, -0.1) is 13.2 Å². The van der Waals surface area contributed by atoms with Crippen LogP contribution in [0.1, 0.15) is 64.4 Å². The van der Waals surface area contributed by atoms with Gasteiger partial charge in [0.15, 0.2) is 0 Å². The van der Waals surface area contributed by atoms with E-state index in [0.717, 1.165) is 0 Å². The summed E-state index contributed by atoms with van der Waals surface area (Å²) < 4.78 is 47.4. The molecule has 1 unspecified atom stereocenters. The first-order valence-electron chi connectivity index (χ1n) is 9.20. The predicted molar refractivity (Wildman–Crippen MR) is 94.1 cm³/mol. The SMILES string of the molecule is CC(C)(C)OC(=O)C12CCC(N)(CC1)C(c1cccc(OC(F)(F)F)c1)C2. The lowest BCUT2D eigenvalue weighted by Gasteiger charge is -2.55. The molecule has 0 spiro atoms. The summed E-state index contributed by atoms with van der Waals surface area (Å²) in [5, 5.41) is 0. The topological polar surface area (TPSA) is 61.5 Å². The number of fused-ring (bicyclic) bond motifs is 3. The number of carbonyl (C=O) groups excluding carboxylic acids is 1. The van der Waals surface area contributed by atoms with E-state index in [9.17, 15) is 18.0 Å². The molecular formula is C20H26F3NO3. The number of hydrogen-bond donors (Lipinski definition) is 1. The number of ether oxygens (including phenoxy) is 2. The monoisotopic (exact) mass is 385 g/mol. The van der Waals surface area contributed by atoms with Gasteiger partial charge in [0.25, 0.3) is 0 Å². The Morgan fingerprint density at radius 2 is 1.78 bits per heavy atom. The van der Waals surface area contributed by atoms with E-state index < -0.39 is 22.9 Å². The predicted octanol–water partition coefficient (Wildman–Crippen LogP) is 4.67. The first-order valence-corrected chi connectivity index (χ1v) is 9.20. The summed E-state index contributed by atoms with van der Waals surface area (Å²) in [5.41, 5.74) is 5.55. The molecule has 1 aromatic carbocycles. The summed E-state index contributed by atoms with van der Waals surface area (Å²) in [6.07, 6.45) is -1.69. The molecular weight excluding hydrogens is 359 g/mol. The Labute approximate surface area is 157 Å². The highest BCUT2D eigenvalue weighted by atomic mass is 19.4. The third-order valence-electron chi connectivity index (χ3n) is 5.75. The molecule has 2 N–H and O–H groups in total. The smallest absolute Gasteiger partial charge is 0.460 e. The summed E-state index contributed by atoms with van der Waals surface area (Å²) in [5.74, 6) is -0.717. The third-order valence-corrected chi connectivity index (χ3v) is 5.75. The van der Waals surface area contributed by atoms with Gasteiger partial charge in [-0.3, -0.25) is 4.79 Å². The lowest BCUT2D eigenvalue weighted by Crippen LogP contribution is -2.59. The maximum atomic E-state index is 12.9. The fraction of sp³-hybridized carbons (Fsp3) is 0.650. The van der Waals surface area contributed by atoms with Crippen LogP contribution in [-0.2, 0) is 9.53 Å². The Morgan fingerprint density at radius 3 is 2.33 bits per heavy atom. The number of carbonyl (C=O) groups is 1.